The molecule has 4 N–H and O–H groups in total. The number of nitrogens with one attached hydrogen (secondary N) is 3. The molecule has 2 rings (SSSR count). The molecule has 1 aromatic carbocycles. The van der Waals surface area contributed by atoms with Gasteiger partial charge in [0.15, 0.2) is 6.04 Å². The van der Waals surface area contributed by atoms with Crippen molar-refractivity contribution in [2.45, 2.75) is 6.04 Å². The van der Waals surface area contributed by atoms with Crippen molar-refractivity contribution in [3.05, 3.63) is 48.3 Å². The fourth-order valence-electron chi connectivity index (χ4n) is 1.55. The molecule has 1 atom stereocenters. The molecule has 0 spiro atoms. The predicted octanol–water partition coefficient (Wildman–Crippen LogP) is 1.36. The van der Waals surface area contributed by atoms with E-state index >= 15 is 0 Å². The molecule has 0 aliphatic heterocycles. The SMILES string of the molecule is O=C(Nc1cn[nH]c1)NC(C(=O)O)c1ccccc1. The van der Waals surface area contributed by atoms with Gasteiger partial charge in [-0.25, -0.2) is 9.59 Å². The highest BCUT2D eigenvalue weighted by Gasteiger charge is 2.21. The minimum Gasteiger partial charge on any atom is -0.479 e. The van der Waals surface area contributed by atoms with E-state index in [0.717, 1.165) is 0 Å². The number of amides is 2. The van der Waals surface area contributed by atoms with Crippen molar-refractivity contribution in [3.8, 4) is 0 Å². The molecular formula is C12H12N4O3. The second kappa shape index (κ2) is 5.67. The molecule has 7 heteroatoms. The first-order valence-corrected chi connectivity index (χ1v) is 5.51. The van der Waals surface area contributed by atoms with Crippen molar-refractivity contribution in [1.82, 2.24) is 15.5 Å². The maximum atomic E-state index is 11.7. The van der Waals surface area contributed by atoms with Gasteiger partial charge in [-0.05, 0) is 5.56 Å². The van der Waals surface area contributed by atoms with Gasteiger partial charge in [-0.15, -0.1) is 0 Å². The number of carboxylic acid groups (broad SMARTS) is 1. The zero-order chi connectivity index (χ0) is 13.7. The van der Waals surface area contributed by atoms with Crippen LogP contribution < -0.4 is 10.6 Å². The third kappa shape index (κ3) is 3.32. The van der Waals surface area contributed by atoms with E-state index < -0.39 is 18.0 Å². The van der Waals surface area contributed by atoms with E-state index in [0.29, 0.717) is 11.3 Å². The summed E-state index contributed by atoms with van der Waals surface area (Å²) in [6, 6.07) is 6.75. The third-order valence-corrected chi connectivity index (χ3v) is 2.41. The van der Waals surface area contributed by atoms with Crippen molar-refractivity contribution >= 4 is 17.7 Å². The molecule has 2 amide bonds. The van der Waals surface area contributed by atoms with Gasteiger partial charge in [-0.2, -0.15) is 5.10 Å². The Hall–Kier alpha value is -2.83. The number of carbonyl (C=O) groups excluding carboxylic acids is 1. The van der Waals surface area contributed by atoms with Crippen LogP contribution in [0.3, 0.4) is 0 Å². The molecule has 7 nitrogen and oxygen atoms in total. The Bertz CT molecular complexity index is 554. The molecule has 0 aliphatic rings. The average Bonchev–Trinajstić information content (AvgIpc) is 2.89. The second-order valence-electron chi connectivity index (χ2n) is 3.77. The fraction of sp³-hybridized carbons (Fsp3) is 0.0833. The summed E-state index contributed by atoms with van der Waals surface area (Å²) in [4.78, 5) is 22.8. The number of H-pyrrole nitrogens is 1. The molecule has 2 aromatic rings. The largest absolute Gasteiger partial charge is 0.479 e. The van der Waals surface area contributed by atoms with Crippen LogP contribution in [0.5, 0.6) is 0 Å². The highest BCUT2D eigenvalue weighted by molar-refractivity contribution is 5.92. The topological polar surface area (TPSA) is 107 Å². The number of aliphatic carboxylic acids is 1. The summed E-state index contributed by atoms with van der Waals surface area (Å²) in [5.74, 6) is -1.13. The number of hydrogen-bond donors (Lipinski definition) is 4. The number of carboxylic acids is 1. The Morgan fingerprint density at radius 3 is 2.58 bits per heavy atom. The van der Waals surface area contributed by atoms with E-state index in [2.05, 4.69) is 20.8 Å². The Morgan fingerprint density at radius 2 is 2.00 bits per heavy atom. The van der Waals surface area contributed by atoms with Gasteiger partial charge >= 0.3 is 12.0 Å². The van der Waals surface area contributed by atoms with Gasteiger partial charge < -0.3 is 15.7 Å². The molecule has 0 saturated heterocycles. The number of aromatic amines is 1. The summed E-state index contributed by atoms with van der Waals surface area (Å²) in [5.41, 5.74) is 0.951. The smallest absolute Gasteiger partial charge is 0.330 e. The lowest BCUT2D eigenvalue weighted by molar-refractivity contribution is -0.139. The van der Waals surface area contributed by atoms with E-state index in [4.69, 9.17) is 5.11 Å². The number of benzene rings is 1. The molecule has 0 bridgehead atoms. The van der Waals surface area contributed by atoms with Gasteiger partial charge in [0.1, 0.15) is 0 Å². The quantitative estimate of drug-likeness (QED) is 0.665. The molecular weight excluding hydrogens is 248 g/mol. The number of rotatable bonds is 4. The monoisotopic (exact) mass is 260 g/mol. The third-order valence-electron chi connectivity index (χ3n) is 2.41. The Morgan fingerprint density at radius 1 is 1.26 bits per heavy atom. The average molecular weight is 260 g/mol. The van der Waals surface area contributed by atoms with Gasteiger partial charge in [0.05, 0.1) is 11.9 Å². The van der Waals surface area contributed by atoms with Crippen LogP contribution in [-0.4, -0.2) is 27.3 Å². The van der Waals surface area contributed by atoms with Crippen LogP contribution in [0.25, 0.3) is 0 Å². The molecule has 98 valence electrons. The van der Waals surface area contributed by atoms with Gasteiger partial charge in [0.2, 0.25) is 0 Å². The first-order chi connectivity index (χ1) is 9.16. The van der Waals surface area contributed by atoms with Crippen molar-refractivity contribution in [2.75, 3.05) is 5.32 Å². The maximum Gasteiger partial charge on any atom is 0.330 e. The summed E-state index contributed by atoms with van der Waals surface area (Å²) >= 11 is 0. The highest BCUT2D eigenvalue weighted by Crippen LogP contribution is 2.13. The second-order valence-corrected chi connectivity index (χ2v) is 3.77. The summed E-state index contributed by atoms with van der Waals surface area (Å²) in [6.45, 7) is 0. The van der Waals surface area contributed by atoms with Crippen LogP contribution in [0, 0.1) is 0 Å². The number of nitrogens with zero attached hydrogens (tertiary/aromatic N) is 1. The lowest BCUT2D eigenvalue weighted by Gasteiger charge is -2.14. The first-order valence-electron chi connectivity index (χ1n) is 5.51. The van der Waals surface area contributed by atoms with Gasteiger partial charge in [-0.3, -0.25) is 5.10 Å². The Balaban J connectivity index is 2.05. The molecule has 19 heavy (non-hydrogen) atoms. The Kier molecular flexibility index (Phi) is 3.77. The minimum absolute atomic E-state index is 0.453. The van der Waals surface area contributed by atoms with Gasteiger partial charge in [0.25, 0.3) is 0 Å². The maximum absolute atomic E-state index is 11.7. The number of anilines is 1. The zero-order valence-electron chi connectivity index (χ0n) is 9.83. The molecule has 0 aliphatic carbocycles. The van der Waals surface area contributed by atoms with Crippen molar-refractivity contribution in [3.63, 3.8) is 0 Å². The van der Waals surface area contributed by atoms with Crippen molar-refractivity contribution < 1.29 is 14.7 Å². The van der Waals surface area contributed by atoms with Gasteiger partial charge in [0, 0.05) is 6.20 Å². The summed E-state index contributed by atoms with van der Waals surface area (Å²) in [7, 11) is 0. The summed E-state index contributed by atoms with van der Waals surface area (Å²) in [5, 5.41) is 20.2. The number of urea groups is 1. The molecule has 0 saturated carbocycles. The van der Waals surface area contributed by atoms with Crippen LogP contribution in [-0.2, 0) is 4.79 Å². The van der Waals surface area contributed by atoms with Crippen LogP contribution in [0.2, 0.25) is 0 Å². The Labute approximate surface area is 108 Å². The summed E-state index contributed by atoms with van der Waals surface area (Å²) < 4.78 is 0. The number of hydrogen-bond acceptors (Lipinski definition) is 3. The van der Waals surface area contributed by atoms with E-state index in [1.165, 1.54) is 12.4 Å². The lowest BCUT2D eigenvalue weighted by atomic mass is 10.1. The number of carbonyl (C=O) groups is 2. The predicted molar refractivity (Wildman–Crippen MR) is 67.6 cm³/mol. The van der Waals surface area contributed by atoms with Crippen molar-refractivity contribution in [2.24, 2.45) is 0 Å². The van der Waals surface area contributed by atoms with Crippen molar-refractivity contribution in [1.29, 1.82) is 0 Å². The standard InChI is InChI=1S/C12H12N4O3/c17-11(18)10(8-4-2-1-3-5-8)16-12(19)15-9-6-13-14-7-9/h1-7,10H,(H,13,14)(H,17,18)(H2,15,16,19). The van der Waals surface area contributed by atoms with E-state index in [-0.39, 0.29) is 0 Å². The minimum atomic E-state index is -1.13. The fourth-order valence-corrected chi connectivity index (χ4v) is 1.55. The van der Waals surface area contributed by atoms with Crippen LogP contribution in [0.15, 0.2) is 42.7 Å². The highest BCUT2D eigenvalue weighted by atomic mass is 16.4. The van der Waals surface area contributed by atoms with Crippen LogP contribution >= 0.6 is 0 Å². The molecule has 1 aromatic heterocycles. The van der Waals surface area contributed by atoms with E-state index in [1.54, 1.807) is 30.3 Å². The normalized spacial score (nSPS) is 11.6. The summed E-state index contributed by atoms with van der Waals surface area (Å²) in [6.07, 6.45) is 2.90. The molecule has 1 heterocycles. The first kappa shape index (κ1) is 12.6. The van der Waals surface area contributed by atoms with Crippen LogP contribution in [0.1, 0.15) is 11.6 Å². The zero-order valence-corrected chi connectivity index (χ0v) is 9.83. The molecule has 1 unspecified atom stereocenters. The van der Waals surface area contributed by atoms with E-state index in [1.807, 2.05) is 0 Å². The molecule has 0 radical (unpaired) electrons. The lowest BCUT2D eigenvalue weighted by Crippen LogP contribution is -2.36. The number of aromatic nitrogens is 2. The van der Waals surface area contributed by atoms with E-state index in [9.17, 15) is 9.59 Å². The van der Waals surface area contributed by atoms with Gasteiger partial charge in [-0.1, -0.05) is 30.3 Å². The molecule has 0 fully saturated rings. The van der Waals surface area contributed by atoms with Crippen LogP contribution in [0.4, 0.5) is 10.5 Å².